The number of rotatable bonds is 10. The number of aliphatic carboxylic acids is 1. The molecule has 0 fully saturated rings. The number of carbonyl (C=O) groups is 2. The Morgan fingerprint density at radius 1 is 1.35 bits per heavy atom. The molecule has 10 heteroatoms. The number of aliphatic hydroxyl groups excluding tert-OH is 1. The van der Waals surface area contributed by atoms with Gasteiger partial charge in [0.2, 0.25) is 15.9 Å². The fraction of sp³-hybridized carbons (Fsp3) is 0.800. The van der Waals surface area contributed by atoms with E-state index in [1.54, 1.807) is 0 Å². The van der Waals surface area contributed by atoms with Gasteiger partial charge in [-0.15, -0.1) is 0 Å². The van der Waals surface area contributed by atoms with E-state index in [1.807, 2.05) is 6.26 Å². The van der Waals surface area contributed by atoms with Gasteiger partial charge in [-0.05, 0) is 25.4 Å². The molecule has 0 aliphatic carbocycles. The van der Waals surface area contributed by atoms with Gasteiger partial charge in [0.1, 0.15) is 6.04 Å². The van der Waals surface area contributed by atoms with E-state index in [9.17, 15) is 18.0 Å². The van der Waals surface area contributed by atoms with E-state index < -0.39 is 40.6 Å². The highest BCUT2D eigenvalue weighted by Gasteiger charge is 2.24. The number of carboxylic acids is 1. The van der Waals surface area contributed by atoms with E-state index in [2.05, 4.69) is 10.0 Å². The van der Waals surface area contributed by atoms with Gasteiger partial charge in [0.05, 0.1) is 12.3 Å². The number of hydrogen-bond donors (Lipinski definition) is 4. The Labute approximate surface area is 122 Å². The van der Waals surface area contributed by atoms with E-state index in [-0.39, 0.29) is 12.2 Å². The Balaban J connectivity index is 4.60. The fourth-order valence-corrected chi connectivity index (χ4v) is 2.48. The van der Waals surface area contributed by atoms with Gasteiger partial charge < -0.3 is 15.5 Å². The molecule has 118 valence electrons. The Kier molecular flexibility index (Phi) is 8.78. The van der Waals surface area contributed by atoms with E-state index in [0.29, 0.717) is 5.75 Å². The Hall–Kier alpha value is -0.840. The average Bonchev–Trinajstić information content (AvgIpc) is 2.40. The van der Waals surface area contributed by atoms with Crippen LogP contribution in [0.25, 0.3) is 0 Å². The van der Waals surface area contributed by atoms with Crippen molar-refractivity contribution in [3.63, 3.8) is 0 Å². The van der Waals surface area contributed by atoms with E-state index in [4.69, 9.17) is 10.2 Å². The predicted octanol–water partition coefficient (Wildman–Crippen LogP) is -1.39. The second-order valence-electron chi connectivity index (χ2n) is 3.95. The zero-order valence-corrected chi connectivity index (χ0v) is 13.0. The number of hydrogen-bond acceptors (Lipinski definition) is 6. The van der Waals surface area contributed by atoms with Crippen LogP contribution in [0.4, 0.5) is 0 Å². The van der Waals surface area contributed by atoms with Crippen LogP contribution in [0, 0.1) is 0 Å². The topological polar surface area (TPSA) is 133 Å². The highest BCUT2D eigenvalue weighted by atomic mass is 32.2. The van der Waals surface area contributed by atoms with Crippen LogP contribution in [-0.4, -0.2) is 67.0 Å². The van der Waals surface area contributed by atoms with Crippen molar-refractivity contribution in [3.05, 3.63) is 0 Å². The first-order chi connectivity index (χ1) is 9.23. The summed E-state index contributed by atoms with van der Waals surface area (Å²) in [7, 11) is -3.55. The summed E-state index contributed by atoms with van der Waals surface area (Å²) in [5.74, 6) is -1.71. The zero-order chi connectivity index (χ0) is 15.8. The molecule has 0 spiro atoms. The fourth-order valence-electron chi connectivity index (χ4n) is 1.19. The minimum Gasteiger partial charge on any atom is -0.479 e. The van der Waals surface area contributed by atoms with Crippen molar-refractivity contribution in [1.82, 2.24) is 10.0 Å². The molecule has 0 heterocycles. The van der Waals surface area contributed by atoms with Crippen molar-refractivity contribution in [1.29, 1.82) is 0 Å². The molecule has 0 aromatic carbocycles. The Morgan fingerprint density at radius 3 is 2.40 bits per heavy atom. The summed E-state index contributed by atoms with van der Waals surface area (Å²) in [4.78, 5) is 22.2. The van der Waals surface area contributed by atoms with Gasteiger partial charge in [0, 0.05) is 0 Å². The third-order valence-electron chi connectivity index (χ3n) is 2.38. The molecule has 0 aromatic heterocycles. The predicted molar refractivity (Wildman–Crippen MR) is 76.0 cm³/mol. The van der Waals surface area contributed by atoms with Crippen molar-refractivity contribution in [2.24, 2.45) is 0 Å². The summed E-state index contributed by atoms with van der Waals surface area (Å²) in [5.41, 5.74) is 0. The maximum absolute atomic E-state index is 11.8. The van der Waals surface area contributed by atoms with Crippen LogP contribution in [0.3, 0.4) is 0 Å². The SMILES string of the molecule is CCS(=O)(=O)NC(CCSC)C(=O)NCC(O)C(=O)O. The first kappa shape index (κ1) is 19.2. The molecule has 4 N–H and O–H groups in total. The van der Waals surface area contributed by atoms with Crippen LogP contribution in [0.2, 0.25) is 0 Å². The summed E-state index contributed by atoms with van der Waals surface area (Å²) in [6.45, 7) is 0.970. The van der Waals surface area contributed by atoms with Crippen molar-refractivity contribution in [2.45, 2.75) is 25.5 Å². The van der Waals surface area contributed by atoms with Crippen LogP contribution < -0.4 is 10.0 Å². The summed E-state index contributed by atoms with van der Waals surface area (Å²) in [6.07, 6.45) is 0.371. The summed E-state index contributed by atoms with van der Waals surface area (Å²) >= 11 is 1.45. The normalized spacial score (nSPS) is 14.6. The van der Waals surface area contributed by atoms with Gasteiger partial charge in [0.25, 0.3) is 0 Å². The van der Waals surface area contributed by atoms with Crippen molar-refractivity contribution in [2.75, 3.05) is 24.3 Å². The van der Waals surface area contributed by atoms with Crippen LogP contribution in [-0.2, 0) is 19.6 Å². The number of nitrogens with one attached hydrogen (secondary N) is 2. The van der Waals surface area contributed by atoms with Gasteiger partial charge in [-0.1, -0.05) is 0 Å². The molecule has 2 unspecified atom stereocenters. The quantitative estimate of drug-likeness (QED) is 0.388. The molecule has 1 amide bonds. The summed E-state index contributed by atoms with van der Waals surface area (Å²) < 4.78 is 25.2. The standard InChI is InChI=1S/C10H20N2O6S2/c1-3-20(17,18)12-7(4-5-19-2)9(14)11-6-8(13)10(15)16/h7-8,12-13H,3-6H2,1-2H3,(H,11,14)(H,15,16). The van der Waals surface area contributed by atoms with E-state index >= 15 is 0 Å². The minimum atomic E-state index is -3.55. The Bertz CT molecular complexity index is 425. The van der Waals surface area contributed by atoms with E-state index in [0.717, 1.165) is 0 Å². The lowest BCUT2D eigenvalue weighted by atomic mass is 10.2. The molecule has 0 saturated carbocycles. The lowest BCUT2D eigenvalue weighted by Gasteiger charge is -2.18. The largest absolute Gasteiger partial charge is 0.479 e. The molecule has 0 saturated heterocycles. The molecule has 0 aliphatic rings. The molecule has 8 nitrogen and oxygen atoms in total. The average molecular weight is 328 g/mol. The number of sulfonamides is 1. The monoisotopic (exact) mass is 328 g/mol. The maximum Gasteiger partial charge on any atom is 0.334 e. The molecule has 0 rings (SSSR count). The zero-order valence-electron chi connectivity index (χ0n) is 11.3. The highest BCUT2D eigenvalue weighted by Crippen LogP contribution is 2.03. The van der Waals surface area contributed by atoms with Crippen molar-refractivity contribution >= 4 is 33.7 Å². The van der Waals surface area contributed by atoms with Gasteiger partial charge in [-0.3, -0.25) is 4.79 Å². The number of aliphatic hydroxyl groups is 1. The summed E-state index contributed by atoms with van der Waals surface area (Å²) in [6, 6.07) is -0.978. The van der Waals surface area contributed by atoms with Gasteiger partial charge in [0.15, 0.2) is 6.10 Å². The number of carbonyl (C=O) groups excluding carboxylic acids is 1. The number of thioether (sulfide) groups is 1. The van der Waals surface area contributed by atoms with Gasteiger partial charge in [-0.25, -0.2) is 17.9 Å². The second kappa shape index (κ2) is 9.16. The van der Waals surface area contributed by atoms with Crippen molar-refractivity contribution in [3.8, 4) is 0 Å². The number of amides is 1. The molecule has 0 radical (unpaired) electrons. The lowest BCUT2D eigenvalue weighted by Crippen LogP contribution is -2.49. The molecule has 20 heavy (non-hydrogen) atoms. The molecular weight excluding hydrogens is 308 g/mol. The summed E-state index contributed by atoms with van der Waals surface area (Å²) in [5, 5.41) is 19.8. The smallest absolute Gasteiger partial charge is 0.334 e. The van der Waals surface area contributed by atoms with Crippen LogP contribution in [0.1, 0.15) is 13.3 Å². The molecule has 2 atom stereocenters. The van der Waals surface area contributed by atoms with E-state index in [1.165, 1.54) is 18.7 Å². The maximum atomic E-state index is 11.8. The van der Waals surface area contributed by atoms with Crippen LogP contribution in [0.5, 0.6) is 0 Å². The molecule has 0 bridgehead atoms. The Morgan fingerprint density at radius 2 is 1.95 bits per heavy atom. The second-order valence-corrected chi connectivity index (χ2v) is 6.98. The molecular formula is C10H20N2O6S2. The van der Waals surface area contributed by atoms with Crippen molar-refractivity contribution < 1.29 is 28.2 Å². The molecule has 0 aliphatic heterocycles. The third kappa shape index (κ3) is 7.68. The highest BCUT2D eigenvalue weighted by molar-refractivity contribution is 7.98. The number of carboxylic acid groups (broad SMARTS) is 1. The van der Waals surface area contributed by atoms with Crippen LogP contribution >= 0.6 is 11.8 Å². The lowest BCUT2D eigenvalue weighted by molar-refractivity contribution is -0.146. The van der Waals surface area contributed by atoms with Crippen LogP contribution in [0.15, 0.2) is 0 Å². The third-order valence-corrected chi connectivity index (χ3v) is 4.43. The van der Waals surface area contributed by atoms with Gasteiger partial charge >= 0.3 is 5.97 Å². The first-order valence-corrected chi connectivity index (χ1v) is 8.95. The minimum absolute atomic E-state index is 0.159. The van der Waals surface area contributed by atoms with Gasteiger partial charge in [-0.2, -0.15) is 11.8 Å². The first-order valence-electron chi connectivity index (χ1n) is 5.91. The molecule has 0 aromatic rings.